The van der Waals surface area contributed by atoms with Crippen molar-refractivity contribution in [3.63, 3.8) is 0 Å². The van der Waals surface area contributed by atoms with Gasteiger partial charge in [0, 0.05) is 16.8 Å². The smallest absolute Gasteiger partial charge is 0.100 e. The van der Waals surface area contributed by atoms with E-state index in [4.69, 9.17) is 11.6 Å². The van der Waals surface area contributed by atoms with Gasteiger partial charge < -0.3 is 0 Å². The van der Waals surface area contributed by atoms with Gasteiger partial charge in [0.05, 0.1) is 0 Å². The van der Waals surface area contributed by atoms with Crippen molar-refractivity contribution in [3.05, 3.63) is 70.7 Å². The van der Waals surface area contributed by atoms with Crippen LogP contribution in [0.4, 0.5) is 0 Å². The highest BCUT2D eigenvalue weighted by atomic mass is 35.5. The van der Waals surface area contributed by atoms with Crippen molar-refractivity contribution in [2.75, 3.05) is 6.54 Å². The predicted molar refractivity (Wildman–Crippen MR) is 77.2 cm³/mol. The molecule has 18 heavy (non-hydrogen) atoms. The summed E-state index contributed by atoms with van der Waals surface area (Å²) in [6.45, 7) is 0.488. The third-order valence-corrected chi connectivity index (χ3v) is 2.50. The molecule has 0 bridgehead atoms. The summed E-state index contributed by atoms with van der Waals surface area (Å²) in [5.41, 5.74) is 2.00. The topological polar surface area (TPSA) is 12.4 Å². The van der Waals surface area contributed by atoms with Gasteiger partial charge in [-0.05, 0) is 29.8 Å². The second-order valence-electron chi connectivity index (χ2n) is 3.69. The molecule has 0 atom stereocenters. The molecule has 88 valence electrons. The van der Waals surface area contributed by atoms with Crippen LogP contribution in [0, 0.1) is 11.8 Å². The van der Waals surface area contributed by atoms with Crippen molar-refractivity contribution in [1.82, 2.24) is 0 Å². The minimum Gasteiger partial charge on any atom is -0.280 e. The number of hydrogen-bond donors (Lipinski definition) is 0. The van der Waals surface area contributed by atoms with Crippen LogP contribution in [0.25, 0.3) is 0 Å². The summed E-state index contributed by atoms with van der Waals surface area (Å²) in [7, 11) is 0. The molecule has 0 aliphatic rings. The maximum Gasteiger partial charge on any atom is 0.100 e. The van der Waals surface area contributed by atoms with Crippen molar-refractivity contribution in [1.29, 1.82) is 0 Å². The van der Waals surface area contributed by atoms with Crippen LogP contribution in [0.2, 0.25) is 5.02 Å². The molecule has 0 heterocycles. The molecule has 0 radical (unpaired) electrons. The normalized spacial score (nSPS) is 10.1. The first-order valence-electron chi connectivity index (χ1n) is 5.64. The SMILES string of the molecule is Clc1cccc(C=NCC#Cc2ccccc2)c1. The number of aliphatic imine (C=N–C) groups is 1. The van der Waals surface area contributed by atoms with Crippen molar-refractivity contribution >= 4 is 17.8 Å². The van der Waals surface area contributed by atoms with E-state index in [0.29, 0.717) is 11.6 Å². The quantitative estimate of drug-likeness (QED) is 0.570. The molecule has 1 nitrogen and oxygen atoms in total. The molecule has 2 aromatic carbocycles. The van der Waals surface area contributed by atoms with Crippen molar-refractivity contribution in [2.45, 2.75) is 0 Å². The molecule has 0 amide bonds. The molecule has 0 N–H and O–H groups in total. The van der Waals surface area contributed by atoms with Gasteiger partial charge in [0.2, 0.25) is 0 Å². The second kappa shape index (κ2) is 6.64. The van der Waals surface area contributed by atoms with Crippen molar-refractivity contribution in [3.8, 4) is 11.8 Å². The lowest BCUT2D eigenvalue weighted by Gasteiger charge is -1.92. The summed E-state index contributed by atoms with van der Waals surface area (Å²) in [5.74, 6) is 6.06. The summed E-state index contributed by atoms with van der Waals surface area (Å²) in [4.78, 5) is 4.24. The van der Waals surface area contributed by atoms with E-state index < -0.39 is 0 Å². The average Bonchev–Trinajstić information content (AvgIpc) is 2.40. The lowest BCUT2D eigenvalue weighted by Crippen LogP contribution is -1.82. The molecule has 0 fully saturated rings. The number of hydrogen-bond acceptors (Lipinski definition) is 1. The zero-order valence-electron chi connectivity index (χ0n) is 9.81. The Bertz CT molecular complexity index is 591. The van der Waals surface area contributed by atoms with E-state index in [1.807, 2.05) is 54.6 Å². The van der Waals surface area contributed by atoms with Crippen LogP contribution in [0.1, 0.15) is 11.1 Å². The molecule has 2 rings (SSSR count). The Labute approximate surface area is 112 Å². The summed E-state index contributed by atoms with van der Waals surface area (Å²) < 4.78 is 0. The molecule has 2 aromatic rings. The number of halogens is 1. The minimum absolute atomic E-state index is 0.488. The number of nitrogens with zero attached hydrogens (tertiary/aromatic N) is 1. The Balaban J connectivity index is 1.91. The number of rotatable bonds is 2. The summed E-state index contributed by atoms with van der Waals surface area (Å²) in [5, 5.41) is 0.717. The maximum absolute atomic E-state index is 5.88. The largest absolute Gasteiger partial charge is 0.280 e. The second-order valence-corrected chi connectivity index (χ2v) is 4.13. The van der Waals surface area contributed by atoms with Gasteiger partial charge in [0.1, 0.15) is 6.54 Å². The fourth-order valence-corrected chi connectivity index (χ4v) is 1.65. The van der Waals surface area contributed by atoms with Gasteiger partial charge in [0.15, 0.2) is 0 Å². The molecule has 0 saturated carbocycles. The summed E-state index contributed by atoms with van der Waals surface area (Å²) in [6, 6.07) is 17.4. The molecular formula is C16H12ClN. The van der Waals surface area contributed by atoms with E-state index in [1.165, 1.54) is 0 Å². The zero-order valence-corrected chi connectivity index (χ0v) is 10.6. The Morgan fingerprint density at radius 3 is 2.67 bits per heavy atom. The van der Waals surface area contributed by atoms with E-state index in [1.54, 1.807) is 6.21 Å². The van der Waals surface area contributed by atoms with Gasteiger partial charge in [-0.1, -0.05) is 53.8 Å². The standard InChI is InChI=1S/C16H12ClN/c17-16-10-4-8-15(12-16)13-18-11-5-9-14-6-2-1-3-7-14/h1-4,6-8,10,12-13H,11H2. The molecule has 0 unspecified atom stereocenters. The molecule has 0 saturated heterocycles. The molecule has 0 aliphatic heterocycles. The fourth-order valence-electron chi connectivity index (χ4n) is 1.45. The van der Waals surface area contributed by atoms with Crippen LogP contribution in [0.15, 0.2) is 59.6 Å². The third kappa shape index (κ3) is 4.08. The first-order valence-corrected chi connectivity index (χ1v) is 6.02. The van der Waals surface area contributed by atoms with E-state index >= 15 is 0 Å². The van der Waals surface area contributed by atoms with Crippen LogP contribution in [-0.4, -0.2) is 12.8 Å². The van der Waals surface area contributed by atoms with Gasteiger partial charge in [-0.15, -0.1) is 0 Å². The van der Waals surface area contributed by atoms with Crippen LogP contribution < -0.4 is 0 Å². The van der Waals surface area contributed by atoms with Crippen LogP contribution in [0.5, 0.6) is 0 Å². The molecule has 0 aliphatic carbocycles. The van der Waals surface area contributed by atoms with Gasteiger partial charge >= 0.3 is 0 Å². The average molecular weight is 254 g/mol. The van der Waals surface area contributed by atoms with Crippen LogP contribution >= 0.6 is 11.6 Å². The van der Waals surface area contributed by atoms with Crippen molar-refractivity contribution < 1.29 is 0 Å². The first-order chi connectivity index (χ1) is 8.84. The van der Waals surface area contributed by atoms with Gasteiger partial charge in [-0.2, -0.15) is 0 Å². The Kier molecular flexibility index (Phi) is 4.58. The Hall–Kier alpha value is -2.04. The summed E-state index contributed by atoms with van der Waals surface area (Å²) in [6.07, 6.45) is 1.78. The third-order valence-electron chi connectivity index (χ3n) is 2.27. The highest BCUT2D eigenvalue weighted by Crippen LogP contribution is 2.08. The van der Waals surface area contributed by atoms with E-state index in [-0.39, 0.29) is 0 Å². The molecular weight excluding hydrogens is 242 g/mol. The predicted octanol–water partition coefficient (Wildman–Crippen LogP) is 3.81. The van der Waals surface area contributed by atoms with Gasteiger partial charge in [-0.3, -0.25) is 4.99 Å². The summed E-state index contributed by atoms with van der Waals surface area (Å²) >= 11 is 5.88. The highest BCUT2D eigenvalue weighted by molar-refractivity contribution is 6.30. The van der Waals surface area contributed by atoms with Gasteiger partial charge in [-0.25, -0.2) is 0 Å². The van der Waals surface area contributed by atoms with Crippen LogP contribution in [-0.2, 0) is 0 Å². The number of benzene rings is 2. The monoisotopic (exact) mass is 253 g/mol. The van der Waals surface area contributed by atoms with E-state index in [0.717, 1.165) is 11.1 Å². The first kappa shape index (κ1) is 12.4. The van der Waals surface area contributed by atoms with Gasteiger partial charge in [0.25, 0.3) is 0 Å². The lowest BCUT2D eigenvalue weighted by atomic mass is 10.2. The van der Waals surface area contributed by atoms with E-state index in [9.17, 15) is 0 Å². The maximum atomic E-state index is 5.88. The Morgan fingerprint density at radius 1 is 1.06 bits per heavy atom. The van der Waals surface area contributed by atoms with Crippen LogP contribution in [0.3, 0.4) is 0 Å². The molecule has 2 heteroatoms. The lowest BCUT2D eigenvalue weighted by molar-refractivity contribution is 1.30. The zero-order chi connectivity index (χ0) is 12.6. The fraction of sp³-hybridized carbons (Fsp3) is 0.0625. The minimum atomic E-state index is 0.488. The van der Waals surface area contributed by atoms with Crippen molar-refractivity contribution in [2.24, 2.45) is 4.99 Å². The molecule has 0 aromatic heterocycles. The Morgan fingerprint density at radius 2 is 1.89 bits per heavy atom. The highest BCUT2D eigenvalue weighted by Gasteiger charge is 1.88. The van der Waals surface area contributed by atoms with E-state index in [2.05, 4.69) is 16.8 Å². The molecule has 0 spiro atoms.